The zero-order valence-electron chi connectivity index (χ0n) is 7.06. The summed E-state index contributed by atoms with van der Waals surface area (Å²) in [4.78, 5) is 0. The molecule has 0 aliphatic rings. The van der Waals surface area contributed by atoms with Gasteiger partial charge in [-0.25, -0.2) is 0 Å². The van der Waals surface area contributed by atoms with Gasteiger partial charge in [0.2, 0.25) is 5.56 Å². The summed E-state index contributed by atoms with van der Waals surface area (Å²) in [6, 6.07) is 4.25. The number of hydrogen-bond donors (Lipinski definition) is 0. The van der Waals surface area contributed by atoms with Gasteiger partial charge in [0, 0.05) is 26.0 Å². The van der Waals surface area contributed by atoms with Gasteiger partial charge in [-0.3, -0.25) is 0 Å². The SMILES string of the molecule is Cc1cc(C)c([C+]=S)c(C)c1. The molecule has 1 heteroatoms. The molecule has 0 nitrogen and oxygen atoms in total. The lowest BCUT2D eigenvalue weighted by Crippen LogP contribution is -1.91. The Kier molecular flexibility index (Phi) is 2.33. The second-order valence-corrected chi connectivity index (χ2v) is 3.08. The largest absolute Gasteiger partial charge is 0.206 e. The van der Waals surface area contributed by atoms with Crippen LogP contribution >= 0.6 is 12.2 Å². The lowest BCUT2D eigenvalue weighted by atomic mass is 10.0. The molecule has 0 unspecified atom stereocenters. The first-order valence-electron chi connectivity index (χ1n) is 3.61. The Balaban J connectivity index is 3.36. The van der Waals surface area contributed by atoms with E-state index in [-0.39, 0.29) is 0 Å². The Labute approximate surface area is 73.2 Å². The molecule has 0 fully saturated rings. The van der Waals surface area contributed by atoms with Crippen LogP contribution in [0.15, 0.2) is 12.1 Å². The Morgan fingerprint density at radius 1 is 1.09 bits per heavy atom. The average molecular weight is 163 g/mol. The molecule has 0 aliphatic heterocycles. The predicted octanol–water partition coefficient (Wildman–Crippen LogP) is 2.84. The first-order chi connectivity index (χ1) is 5.15. The Morgan fingerprint density at radius 3 is 1.91 bits per heavy atom. The summed E-state index contributed by atoms with van der Waals surface area (Å²) in [5.41, 5.74) is 4.80. The lowest BCUT2D eigenvalue weighted by Gasteiger charge is -1.94. The summed E-state index contributed by atoms with van der Waals surface area (Å²) in [5.74, 6) is 0. The minimum Gasteiger partial charge on any atom is -0.0374 e. The number of rotatable bonds is 1. The molecule has 0 aromatic heterocycles. The van der Waals surface area contributed by atoms with Gasteiger partial charge >= 0.3 is 0 Å². The first-order valence-corrected chi connectivity index (χ1v) is 4.02. The lowest BCUT2D eigenvalue weighted by molar-refractivity contribution is 1.31. The van der Waals surface area contributed by atoms with Gasteiger partial charge in [0.25, 0.3) is 0 Å². The van der Waals surface area contributed by atoms with Crippen LogP contribution in [0.2, 0.25) is 0 Å². The molecule has 0 N–H and O–H groups in total. The molecule has 1 rings (SSSR count). The van der Waals surface area contributed by atoms with E-state index in [0.717, 1.165) is 5.56 Å². The van der Waals surface area contributed by atoms with Gasteiger partial charge in [0.05, 0.1) is 23.3 Å². The molecule has 0 saturated carbocycles. The zero-order valence-corrected chi connectivity index (χ0v) is 7.88. The van der Waals surface area contributed by atoms with Crippen LogP contribution in [0.5, 0.6) is 0 Å². The number of benzene rings is 1. The molecule has 0 atom stereocenters. The molecule has 1 aromatic carbocycles. The fraction of sp³-hybridized carbons (Fsp3) is 0.300. The smallest absolute Gasteiger partial charge is 0.0374 e. The van der Waals surface area contributed by atoms with Crippen molar-refractivity contribution in [3.8, 4) is 0 Å². The van der Waals surface area contributed by atoms with Crippen LogP contribution in [0.25, 0.3) is 0 Å². The van der Waals surface area contributed by atoms with Crippen molar-refractivity contribution in [2.24, 2.45) is 0 Å². The van der Waals surface area contributed by atoms with Gasteiger partial charge in [0.1, 0.15) is 5.37 Å². The van der Waals surface area contributed by atoms with Crippen LogP contribution in [0.4, 0.5) is 0 Å². The number of aryl methyl sites for hydroxylation is 3. The normalized spacial score (nSPS) is 9.36. The fourth-order valence-electron chi connectivity index (χ4n) is 1.34. The topological polar surface area (TPSA) is 0 Å². The summed E-state index contributed by atoms with van der Waals surface area (Å²) < 4.78 is 0. The second-order valence-electron chi connectivity index (χ2n) is 2.88. The van der Waals surface area contributed by atoms with Crippen molar-refractivity contribution in [3.05, 3.63) is 34.4 Å². The summed E-state index contributed by atoms with van der Waals surface area (Å²) in [5, 5.41) is 2.77. The minimum atomic E-state index is 1.07. The third-order valence-electron chi connectivity index (χ3n) is 1.78. The fourth-order valence-corrected chi connectivity index (χ4v) is 1.66. The molecule has 1 aromatic rings. The van der Waals surface area contributed by atoms with Crippen molar-refractivity contribution in [1.82, 2.24) is 0 Å². The van der Waals surface area contributed by atoms with Crippen molar-refractivity contribution in [3.63, 3.8) is 0 Å². The van der Waals surface area contributed by atoms with Gasteiger partial charge in [0.15, 0.2) is 0 Å². The van der Waals surface area contributed by atoms with Crippen molar-refractivity contribution in [2.75, 3.05) is 0 Å². The van der Waals surface area contributed by atoms with Gasteiger partial charge in [-0.15, -0.1) is 0 Å². The molecule has 0 spiro atoms. The molecule has 11 heavy (non-hydrogen) atoms. The summed E-state index contributed by atoms with van der Waals surface area (Å²) in [7, 11) is 0. The van der Waals surface area contributed by atoms with E-state index in [1.165, 1.54) is 16.7 Å². The molecular formula is C10H11S+. The molecule has 0 radical (unpaired) electrons. The monoisotopic (exact) mass is 163 g/mol. The van der Waals surface area contributed by atoms with E-state index in [9.17, 15) is 0 Å². The Morgan fingerprint density at radius 2 is 1.55 bits per heavy atom. The van der Waals surface area contributed by atoms with E-state index >= 15 is 0 Å². The van der Waals surface area contributed by atoms with Crippen LogP contribution in [0.1, 0.15) is 22.3 Å². The number of thiocarbonyl (C=S) groups is 1. The maximum Gasteiger partial charge on any atom is 0.206 e. The van der Waals surface area contributed by atoms with E-state index < -0.39 is 0 Å². The Hall–Kier alpha value is -0.780. The van der Waals surface area contributed by atoms with Crippen LogP contribution in [-0.2, 0) is 0 Å². The first kappa shape index (κ1) is 8.32. The van der Waals surface area contributed by atoms with Gasteiger partial charge < -0.3 is 0 Å². The summed E-state index contributed by atoms with van der Waals surface area (Å²) in [6.07, 6.45) is 0. The molecule has 0 amide bonds. The highest BCUT2D eigenvalue weighted by Crippen LogP contribution is 2.13. The van der Waals surface area contributed by atoms with Crippen molar-refractivity contribution >= 4 is 17.6 Å². The standard InChI is InChI=1S/C10H11S/c1-7-4-8(2)10(6-11)9(3)5-7/h4-5H,1-3H3/q+1. The summed E-state index contributed by atoms with van der Waals surface area (Å²) >= 11 is 4.79. The zero-order chi connectivity index (χ0) is 8.43. The highest BCUT2D eigenvalue weighted by atomic mass is 32.1. The molecular weight excluding hydrogens is 152 g/mol. The van der Waals surface area contributed by atoms with Crippen LogP contribution < -0.4 is 0 Å². The van der Waals surface area contributed by atoms with Gasteiger partial charge in [-0.05, 0) is 12.5 Å². The Bertz CT molecular complexity index is 264. The number of hydrogen-bond acceptors (Lipinski definition) is 1. The second kappa shape index (κ2) is 3.08. The van der Waals surface area contributed by atoms with E-state index in [2.05, 4.69) is 38.3 Å². The van der Waals surface area contributed by atoms with Crippen LogP contribution in [0, 0.1) is 20.8 Å². The maximum atomic E-state index is 4.79. The van der Waals surface area contributed by atoms with Crippen molar-refractivity contribution in [1.29, 1.82) is 0 Å². The van der Waals surface area contributed by atoms with E-state index in [0.29, 0.717) is 0 Å². The molecule has 0 heterocycles. The van der Waals surface area contributed by atoms with Crippen molar-refractivity contribution in [2.45, 2.75) is 20.8 Å². The van der Waals surface area contributed by atoms with E-state index in [1.54, 1.807) is 0 Å². The molecule has 56 valence electrons. The highest BCUT2D eigenvalue weighted by molar-refractivity contribution is 7.79. The van der Waals surface area contributed by atoms with Crippen molar-refractivity contribution < 1.29 is 0 Å². The van der Waals surface area contributed by atoms with Crippen LogP contribution in [0.3, 0.4) is 0 Å². The third kappa shape index (κ3) is 1.62. The van der Waals surface area contributed by atoms with E-state index in [4.69, 9.17) is 12.2 Å². The van der Waals surface area contributed by atoms with E-state index in [1.807, 2.05) is 0 Å². The van der Waals surface area contributed by atoms with Gasteiger partial charge in [-0.2, -0.15) is 0 Å². The molecule has 0 bridgehead atoms. The molecule has 0 aliphatic carbocycles. The van der Waals surface area contributed by atoms with Gasteiger partial charge in [-0.1, -0.05) is 0 Å². The quantitative estimate of drug-likeness (QED) is 0.453. The minimum absolute atomic E-state index is 1.07. The molecule has 0 saturated heterocycles. The highest BCUT2D eigenvalue weighted by Gasteiger charge is 2.10. The average Bonchev–Trinajstić information content (AvgIpc) is 1.85. The summed E-state index contributed by atoms with van der Waals surface area (Å²) in [6.45, 7) is 6.22. The third-order valence-corrected chi connectivity index (χ3v) is 1.98. The van der Waals surface area contributed by atoms with Crippen LogP contribution in [-0.4, -0.2) is 5.37 Å². The maximum absolute atomic E-state index is 4.79. The predicted molar refractivity (Wildman–Crippen MR) is 52.4 cm³/mol.